The molecule has 2 N–H and O–H groups in total. The second-order valence-electron chi connectivity index (χ2n) is 11.9. The third-order valence-corrected chi connectivity index (χ3v) is 7.98. The molecule has 13 heteroatoms. The molecule has 4 nitrogen and oxygen atoms in total. The van der Waals surface area contributed by atoms with Gasteiger partial charge in [0.1, 0.15) is 8.07 Å². The van der Waals surface area contributed by atoms with Crippen molar-refractivity contribution in [3.63, 3.8) is 0 Å². The average Bonchev–Trinajstić information content (AvgIpc) is 3.01. The Morgan fingerprint density at radius 3 is 1.50 bits per heavy atom. The Morgan fingerprint density at radius 1 is 0.680 bits per heavy atom. The number of carbonyl (C=O) groups excluding carboxylic acids is 2. The zero-order valence-corrected chi connectivity index (χ0v) is 29.4. The molecule has 0 saturated heterocycles. The van der Waals surface area contributed by atoms with Crippen molar-refractivity contribution in [3.8, 4) is 23.8 Å². The van der Waals surface area contributed by atoms with E-state index in [2.05, 4.69) is 47.7 Å². The molecule has 260 valence electrons. The summed E-state index contributed by atoms with van der Waals surface area (Å²) in [6.07, 6.45) is -3.86. The van der Waals surface area contributed by atoms with E-state index in [0.29, 0.717) is 11.1 Å². The fourth-order valence-corrected chi connectivity index (χ4v) is 5.18. The van der Waals surface area contributed by atoms with Gasteiger partial charge in [-0.2, -0.15) is 26.3 Å². The maximum absolute atomic E-state index is 12.9. The SMILES string of the molecule is C#Cc1cccc(CC(=O)Nc2ccc(Cl)c(C(F)(F)F)c2)c1.C[Si](C)(C)C#Cc1cccc(CC(=O)Nc2ccc(Cl)c(C(F)(F)F)c2)c1. The van der Waals surface area contributed by atoms with Crippen LogP contribution in [-0.4, -0.2) is 19.9 Å². The normalized spacial score (nSPS) is 11.2. The molecule has 0 heterocycles. The molecule has 0 fully saturated rings. The third kappa shape index (κ3) is 13.0. The van der Waals surface area contributed by atoms with Gasteiger partial charge in [0.05, 0.1) is 34.0 Å². The molecule has 0 saturated carbocycles. The number of terminal acetylenes is 1. The first-order chi connectivity index (χ1) is 23.2. The molecule has 4 rings (SSSR count). The standard InChI is InChI=1S/C20H19ClF3NOSi.C17H11ClF3NO/c1-27(2,3)10-9-14-5-4-6-15(11-14)12-19(26)25-16-7-8-18(21)17(13-16)20(22,23)24;1-2-11-4-3-5-12(8-11)9-16(23)22-13-6-7-15(18)14(10-13)17(19,20)21/h4-8,11,13H,12H2,1-3H3,(H,25,26);1,3-8,10H,9H2,(H,22,23). The molecule has 2 amide bonds. The minimum absolute atomic E-state index is 0.000498. The number of carbonyl (C=O) groups is 2. The predicted octanol–water partition coefficient (Wildman–Crippen LogP) is 10.3. The van der Waals surface area contributed by atoms with Crippen LogP contribution >= 0.6 is 23.2 Å². The number of nitrogens with one attached hydrogen (secondary N) is 2. The fourth-order valence-electron chi connectivity index (χ4n) is 4.21. The first kappa shape index (κ1) is 39.8. The summed E-state index contributed by atoms with van der Waals surface area (Å²) in [6.45, 7) is 6.41. The first-order valence-electron chi connectivity index (χ1n) is 14.7. The zero-order chi connectivity index (χ0) is 37.3. The molecule has 0 aliphatic heterocycles. The van der Waals surface area contributed by atoms with Gasteiger partial charge >= 0.3 is 12.4 Å². The Morgan fingerprint density at radius 2 is 1.10 bits per heavy atom. The van der Waals surface area contributed by atoms with Gasteiger partial charge in [-0.25, -0.2) is 0 Å². The lowest BCUT2D eigenvalue weighted by Gasteiger charge is -2.12. The van der Waals surface area contributed by atoms with E-state index in [0.717, 1.165) is 35.4 Å². The van der Waals surface area contributed by atoms with E-state index >= 15 is 0 Å². The summed E-state index contributed by atoms with van der Waals surface area (Å²) < 4.78 is 77.1. The second-order valence-corrected chi connectivity index (χ2v) is 17.4. The first-order valence-corrected chi connectivity index (χ1v) is 19.0. The van der Waals surface area contributed by atoms with Crippen LogP contribution in [0.2, 0.25) is 29.7 Å². The lowest BCUT2D eigenvalue weighted by molar-refractivity contribution is -0.138. The van der Waals surface area contributed by atoms with Gasteiger partial charge in [0, 0.05) is 22.5 Å². The number of halogens is 8. The van der Waals surface area contributed by atoms with E-state index in [-0.39, 0.29) is 24.2 Å². The molecule has 4 aromatic rings. The zero-order valence-electron chi connectivity index (χ0n) is 26.9. The number of alkyl halides is 6. The molecule has 0 aliphatic carbocycles. The highest BCUT2D eigenvalue weighted by atomic mass is 35.5. The molecule has 50 heavy (non-hydrogen) atoms. The molecule has 0 unspecified atom stereocenters. The Labute approximate surface area is 297 Å². The number of hydrogen-bond acceptors (Lipinski definition) is 2. The van der Waals surface area contributed by atoms with Gasteiger partial charge in [0.15, 0.2) is 0 Å². The molecule has 0 bridgehead atoms. The monoisotopic (exact) mass is 746 g/mol. The molecule has 0 aliphatic rings. The highest BCUT2D eigenvalue weighted by molar-refractivity contribution is 6.83. The van der Waals surface area contributed by atoms with Crippen LogP contribution < -0.4 is 10.6 Å². The summed E-state index contributed by atoms with van der Waals surface area (Å²) in [7, 11) is -1.51. The summed E-state index contributed by atoms with van der Waals surface area (Å²) in [5.74, 6) is 4.70. The van der Waals surface area contributed by atoms with Crippen molar-refractivity contribution < 1.29 is 35.9 Å². The van der Waals surface area contributed by atoms with Crippen molar-refractivity contribution >= 4 is 54.5 Å². The van der Waals surface area contributed by atoms with Gasteiger partial charge in [-0.15, -0.1) is 12.0 Å². The topological polar surface area (TPSA) is 58.2 Å². The number of benzene rings is 4. The predicted molar refractivity (Wildman–Crippen MR) is 189 cm³/mol. The molecule has 0 spiro atoms. The van der Waals surface area contributed by atoms with Crippen molar-refractivity contribution in [1.29, 1.82) is 0 Å². The molecule has 4 aromatic carbocycles. The van der Waals surface area contributed by atoms with Crippen molar-refractivity contribution in [3.05, 3.63) is 128 Å². The minimum atomic E-state index is -4.58. The van der Waals surface area contributed by atoms with E-state index in [1.165, 1.54) is 12.1 Å². The molecular formula is C37H30Cl2F6N2O2Si. The lowest BCUT2D eigenvalue weighted by atomic mass is 10.1. The number of hydrogen-bond donors (Lipinski definition) is 2. The van der Waals surface area contributed by atoms with Gasteiger partial charge < -0.3 is 10.6 Å². The Bertz CT molecular complexity index is 1970. The van der Waals surface area contributed by atoms with Gasteiger partial charge in [-0.05, 0) is 71.8 Å². The van der Waals surface area contributed by atoms with Crippen molar-refractivity contribution in [1.82, 2.24) is 0 Å². The number of anilines is 2. The summed E-state index contributed by atoms with van der Waals surface area (Å²) in [6, 6.07) is 20.6. The lowest BCUT2D eigenvalue weighted by Crippen LogP contribution is -2.16. The smallest absolute Gasteiger partial charge is 0.326 e. The Kier molecular flexibility index (Phi) is 13.4. The Balaban J connectivity index is 0.000000274. The third-order valence-electron chi connectivity index (χ3n) is 6.44. The van der Waals surface area contributed by atoms with E-state index in [4.69, 9.17) is 29.6 Å². The highest BCUT2D eigenvalue weighted by Crippen LogP contribution is 2.37. The van der Waals surface area contributed by atoms with Crippen molar-refractivity contribution in [2.75, 3.05) is 10.6 Å². The summed E-state index contributed by atoms with van der Waals surface area (Å²) in [4.78, 5) is 24.2. The van der Waals surface area contributed by atoms with E-state index in [9.17, 15) is 35.9 Å². The summed E-state index contributed by atoms with van der Waals surface area (Å²) >= 11 is 11.1. The number of rotatable bonds is 6. The summed E-state index contributed by atoms with van der Waals surface area (Å²) in [5.41, 5.74) is 4.20. The average molecular weight is 748 g/mol. The van der Waals surface area contributed by atoms with Crippen LogP contribution in [0.15, 0.2) is 84.9 Å². The Hall–Kier alpha value is -4.68. The van der Waals surface area contributed by atoms with Gasteiger partial charge in [0.2, 0.25) is 11.8 Å². The van der Waals surface area contributed by atoms with Gasteiger partial charge in [-0.3, -0.25) is 9.59 Å². The van der Waals surface area contributed by atoms with E-state index in [1.54, 1.807) is 36.4 Å². The van der Waals surface area contributed by atoms with Crippen LogP contribution in [0.4, 0.5) is 37.7 Å². The maximum atomic E-state index is 12.9. The maximum Gasteiger partial charge on any atom is 0.417 e. The van der Waals surface area contributed by atoms with Crippen LogP contribution in [0.1, 0.15) is 33.4 Å². The van der Waals surface area contributed by atoms with E-state index < -0.39 is 53.4 Å². The molecule has 0 atom stereocenters. The quantitative estimate of drug-likeness (QED) is 0.117. The van der Waals surface area contributed by atoms with Crippen LogP contribution in [-0.2, 0) is 34.8 Å². The minimum Gasteiger partial charge on any atom is -0.326 e. The molecule has 0 aromatic heterocycles. The highest BCUT2D eigenvalue weighted by Gasteiger charge is 2.34. The number of amides is 2. The van der Waals surface area contributed by atoms with Gasteiger partial charge in [-0.1, -0.05) is 78.9 Å². The van der Waals surface area contributed by atoms with E-state index in [1.807, 2.05) is 12.1 Å². The van der Waals surface area contributed by atoms with Crippen LogP contribution in [0.25, 0.3) is 0 Å². The van der Waals surface area contributed by atoms with Crippen molar-refractivity contribution in [2.24, 2.45) is 0 Å². The van der Waals surface area contributed by atoms with Crippen LogP contribution in [0, 0.1) is 23.8 Å². The largest absolute Gasteiger partial charge is 0.417 e. The molecule has 0 radical (unpaired) electrons. The van der Waals surface area contributed by atoms with Crippen molar-refractivity contribution in [2.45, 2.75) is 44.8 Å². The van der Waals surface area contributed by atoms with Crippen LogP contribution in [0.5, 0.6) is 0 Å². The second kappa shape index (κ2) is 16.8. The van der Waals surface area contributed by atoms with Crippen LogP contribution in [0.3, 0.4) is 0 Å². The molecular weight excluding hydrogens is 717 g/mol. The van der Waals surface area contributed by atoms with Gasteiger partial charge in [0.25, 0.3) is 0 Å². The summed E-state index contributed by atoms with van der Waals surface area (Å²) in [5, 5.41) is 4.07. The fraction of sp³-hybridized carbons (Fsp3) is 0.189.